The third kappa shape index (κ3) is 6.42. The largest absolute Gasteiger partial charge is 0.456 e. The lowest BCUT2D eigenvalue weighted by Gasteiger charge is -2.22. The van der Waals surface area contributed by atoms with E-state index < -0.39 is 0 Å². The van der Waals surface area contributed by atoms with Crippen molar-refractivity contribution in [3.63, 3.8) is 0 Å². The second-order valence-electron chi connectivity index (χ2n) is 17.2. The first-order chi connectivity index (χ1) is 31.4. The van der Waals surface area contributed by atoms with E-state index in [1.807, 2.05) is 18.2 Å². The predicted octanol–water partition coefficient (Wildman–Crippen LogP) is 15.7. The number of hydrogen-bond acceptors (Lipinski definition) is 4. The molecule has 302 valence electrons. The van der Waals surface area contributed by atoms with Crippen molar-refractivity contribution in [3.8, 4) is 89.8 Å². The van der Waals surface area contributed by atoms with Gasteiger partial charge in [0.1, 0.15) is 11.2 Å². The van der Waals surface area contributed by atoms with Crippen LogP contribution in [0.2, 0.25) is 0 Å². The summed E-state index contributed by atoms with van der Waals surface area (Å²) in [6, 6.07) is 75.0. The maximum absolute atomic E-state index is 6.59. The summed E-state index contributed by atoms with van der Waals surface area (Å²) >= 11 is 0. The van der Waals surface area contributed by atoms with Gasteiger partial charge < -0.3 is 4.42 Å². The van der Waals surface area contributed by atoms with Crippen LogP contribution in [-0.4, -0.2) is 15.0 Å². The van der Waals surface area contributed by atoms with Crippen LogP contribution in [0.1, 0.15) is 25.0 Å². The van der Waals surface area contributed by atoms with Gasteiger partial charge in [-0.05, 0) is 109 Å². The molecule has 2 heterocycles. The highest BCUT2D eigenvalue weighted by molar-refractivity contribution is 6.13. The van der Waals surface area contributed by atoms with Crippen molar-refractivity contribution in [2.24, 2.45) is 0 Å². The SMILES string of the molecule is CC1(C)c2ccccc2-c2ccc(-c3cc(-c4ccccc4)cc(-c4nc(-c5ccc(-c6ccccc6)cc5)nc(-c5ccc6c(c5)oc5cccc(-c7ccccc7)c56)n4)c3)cc21. The van der Waals surface area contributed by atoms with Gasteiger partial charge in [-0.25, -0.2) is 15.0 Å². The lowest BCUT2D eigenvalue weighted by molar-refractivity contribution is 0.660. The van der Waals surface area contributed by atoms with Crippen LogP contribution in [0.25, 0.3) is 112 Å². The molecule has 1 aliphatic rings. The molecule has 1 aliphatic carbocycles. The molecule has 11 aromatic rings. The second-order valence-corrected chi connectivity index (χ2v) is 17.2. The number of fused-ring (bicyclic) bond motifs is 6. The van der Waals surface area contributed by atoms with Crippen molar-refractivity contribution >= 4 is 21.9 Å². The fraction of sp³-hybridized carbons (Fsp3) is 0.0500. The van der Waals surface area contributed by atoms with E-state index in [-0.39, 0.29) is 5.41 Å². The predicted molar refractivity (Wildman–Crippen MR) is 263 cm³/mol. The Kier molecular flexibility index (Phi) is 8.80. The Morgan fingerprint density at radius 3 is 1.53 bits per heavy atom. The molecule has 0 saturated carbocycles. The minimum Gasteiger partial charge on any atom is -0.456 e. The van der Waals surface area contributed by atoms with Gasteiger partial charge in [-0.3, -0.25) is 0 Å². The van der Waals surface area contributed by atoms with Crippen molar-refractivity contribution in [2.45, 2.75) is 19.3 Å². The number of nitrogens with zero attached hydrogens (tertiary/aromatic N) is 3. The van der Waals surface area contributed by atoms with E-state index >= 15 is 0 Å². The first-order valence-electron chi connectivity index (χ1n) is 21.8. The molecule has 0 saturated heterocycles. The third-order valence-electron chi connectivity index (χ3n) is 12.9. The van der Waals surface area contributed by atoms with E-state index in [1.165, 1.54) is 22.3 Å². The number of rotatable bonds is 7. The Hall–Kier alpha value is -8.21. The van der Waals surface area contributed by atoms with Gasteiger partial charge in [0, 0.05) is 32.9 Å². The Morgan fingerprint density at radius 1 is 0.312 bits per heavy atom. The van der Waals surface area contributed by atoms with Gasteiger partial charge in [-0.1, -0.05) is 184 Å². The van der Waals surface area contributed by atoms with E-state index in [0.717, 1.165) is 83.1 Å². The summed E-state index contributed by atoms with van der Waals surface area (Å²) < 4.78 is 6.59. The van der Waals surface area contributed by atoms with E-state index in [4.69, 9.17) is 19.4 Å². The first-order valence-corrected chi connectivity index (χ1v) is 21.8. The molecule has 4 nitrogen and oxygen atoms in total. The molecule has 12 rings (SSSR count). The zero-order chi connectivity index (χ0) is 42.8. The average molecular weight is 820 g/mol. The van der Waals surface area contributed by atoms with Gasteiger partial charge in [0.2, 0.25) is 0 Å². The quantitative estimate of drug-likeness (QED) is 0.161. The standard InChI is InChI=1S/C60H41N3O/c1-60(2)52-23-13-12-21-49(52)50-31-29-43(36-53(50)60)46-33-45(39-17-8-4-9-18-39)34-47(35-46)59-62-57(42-27-25-40(26-28-42)38-15-6-3-7-16-38)61-58(63-59)44-30-32-51-55(37-44)64-54-24-14-22-48(56(51)54)41-19-10-5-11-20-41/h3-37H,1-2H3. The van der Waals surface area contributed by atoms with E-state index in [2.05, 4.69) is 208 Å². The number of benzene rings is 9. The Morgan fingerprint density at radius 2 is 0.812 bits per heavy atom. The molecule has 0 bridgehead atoms. The van der Waals surface area contributed by atoms with E-state index in [0.29, 0.717) is 17.5 Å². The van der Waals surface area contributed by atoms with E-state index in [9.17, 15) is 0 Å². The summed E-state index contributed by atoms with van der Waals surface area (Å²) in [5.74, 6) is 1.76. The molecule has 64 heavy (non-hydrogen) atoms. The molecule has 0 radical (unpaired) electrons. The Bertz CT molecular complexity index is 3560. The highest BCUT2D eigenvalue weighted by atomic mass is 16.3. The summed E-state index contributed by atoms with van der Waals surface area (Å²) in [6.45, 7) is 4.66. The minimum absolute atomic E-state index is 0.125. The molecular formula is C60H41N3O. The van der Waals surface area contributed by atoms with Crippen molar-refractivity contribution in [2.75, 3.05) is 0 Å². The van der Waals surface area contributed by atoms with Gasteiger partial charge in [-0.15, -0.1) is 0 Å². The van der Waals surface area contributed by atoms with Crippen LogP contribution < -0.4 is 0 Å². The van der Waals surface area contributed by atoms with Gasteiger partial charge in [0.25, 0.3) is 0 Å². The summed E-state index contributed by atoms with van der Waals surface area (Å²) in [5.41, 5.74) is 18.5. The fourth-order valence-electron chi connectivity index (χ4n) is 9.63. The monoisotopic (exact) mass is 819 g/mol. The Balaban J connectivity index is 1.03. The van der Waals surface area contributed by atoms with Gasteiger partial charge in [-0.2, -0.15) is 0 Å². The normalized spacial score (nSPS) is 12.7. The minimum atomic E-state index is -0.125. The van der Waals surface area contributed by atoms with Gasteiger partial charge in [0.15, 0.2) is 17.5 Å². The second kappa shape index (κ2) is 15.0. The molecule has 0 spiro atoms. The van der Waals surface area contributed by atoms with Crippen LogP contribution in [0.15, 0.2) is 217 Å². The maximum Gasteiger partial charge on any atom is 0.164 e. The fourth-order valence-corrected chi connectivity index (χ4v) is 9.63. The van der Waals surface area contributed by atoms with Crippen LogP contribution in [0, 0.1) is 0 Å². The van der Waals surface area contributed by atoms with Gasteiger partial charge in [0.05, 0.1) is 0 Å². The zero-order valence-corrected chi connectivity index (χ0v) is 35.5. The van der Waals surface area contributed by atoms with Crippen molar-refractivity contribution < 1.29 is 4.42 Å². The number of furan rings is 1. The van der Waals surface area contributed by atoms with Crippen LogP contribution >= 0.6 is 0 Å². The molecule has 0 amide bonds. The van der Waals surface area contributed by atoms with Crippen LogP contribution in [0.4, 0.5) is 0 Å². The molecule has 0 aliphatic heterocycles. The van der Waals surface area contributed by atoms with Crippen LogP contribution in [-0.2, 0) is 5.41 Å². The third-order valence-corrected chi connectivity index (χ3v) is 12.9. The summed E-state index contributed by atoms with van der Waals surface area (Å²) in [7, 11) is 0. The molecule has 0 N–H and O–H groups in total. The topological polar surface area (TPSA) is 51.8 Å². The number of hydrogen-bond donors (Lipinski definition) is 0. The smallest absolute Gasteiger partial charge is 0.164 e. The highest BCUT2D eigenvalue weighted by Crippen LogP contribution is 2.50. The molecule has 9 aromatic carbocycles. The summed E-state index contributed by atoms with van der Waals surface area (Å²) in [5, 5.41) is 2.14. The van der Waals surface area contributed by atoms with Crippen molar-refractivity contribution in [1.29, 1.82) is 0 Å². The van der Waals surface area contributed by atoms with Gasteiger partial charge >= 0.3 is 0 Å². The van der Waals surface area contributed by atoms with Crippen LogP contribution in [0.3, 0.4) is 0 Å². The average Bonchev–Trinajstić information content (AvgIpc) is 3.85. The summed E-state index contributed by atoms with van der Waals surface area (Å²) in [4.78, 5) is 15.8. The highest BCUT2D eigenvalue weighted by Gasteiger charge is 2.35. The van der Waals surface area contributed by atoms with Crippen molar-refractivity contribution in [1.82, 2.24) is 15.0 Å². The van der Waals surface area contributed by atoms with Crippen LogP contribution in [0.5, 0.6) is 0 Å². The Labute approximate surface area is 372 Å². The zero-order valence-electron chi connectivity index (χ0n) is 35.5. The first kappa shape index (κ1) is 37.5. The van der Waals surface area contributed by atoms with Crippen molar-refractivity contribution in [3.05, 3.63) is 223 Å². The lowest BCUT2D eigenvalue weighted by Crippen LogP contribution is -2.14. The molecule has 0 atom stereocenters. The molecule has 0 fully saturated rings. The summed E-state index contributed by atoms with van der Waals surface area (Å²) in [6.07, 6.45) is 0. The molecular weight excluding hydrogens is 779 g/mol. The lowest BCUT2D eigenvalue weighted by atomic mass is 9.81. The maximum atomic E-state index is 6.59. The number of aromatic nitrogens is 3. The molecule has 2 aromatic heterocycles. The molecule has 0 unspecified atom stereocenters. The van der Waals surface area contributed by atoms with E-state index in [1.54, 1.807) is 0 Å². The molecule has 4 heteroatoms.